The van der Waals surface area contributed by atoms with Crippen LogP contribution in [-0.2, 0) is 0 Å². The van der Waals surface area contributed by atoms with Crippen LogP contribution in [0.25, 0.3) is 0 Å². The molecule has 2 heteroatoms. The van der Waals surface area contributed by atoms with E-state index in [1.807, 2.05) is 0 Å². The summed E-state index contributed by atoms with van der Waals surface area (Å²) in [6.07, 6.45) is 5.99. The molecule has 0 aromatic rings. The highest BCUT2D eigenvalue weighted by Crippen LogP contribution is 2.42. The van der Waals surface area contributed by atoms with E-state index < -0.39 is 0 Å². The molecule has 2 aliphatic rings. The van der Waals surface area contributed by atoms with E-state index in [9.17, 15) is 0 Å². The molecular weight excluding hydrogens is 136 g/mol. The lowest BCUT2D eigenvalue weighted by Gasteiger charge is -2.37. The molecule has 2 rings (SSSR count). The minimum absolute atomic E-state index is 0.0666. The Morgan fingerprint density at radius 2 is 2.27 bits per heavy atom. The zero-order valence-electron chi connectivity index (χ0n) is 7.01. The van der Waals surface area contributed by atoms with Crippen molar-refractivity contribution < 1.29 is 0 Å². The Labute approximate surface area is 67.8 Å². The van der Waals surface area contributed by atoms with Crippen molar-refractivity contribution in [2.45, 2.75) is 43.7 Å². The first-order valence-corrected chi connectivity index (χ1v) is 4.43. The average Bonchev–Trinajstić information content (AvgIpc) is 2.25. The molecule has 60 valence electrons. The number of nitriles is 1. The maximum absolute atomic E-state index is 9.05. The second kappa shape index (κ2) is 2.22. The Bertz CT molecular complexity index is 202. The van der Waals surface area contributed by atoms with Gasteiger partial charge in [-0.3, -0.25) is 4.90 Å². The zero-order valence-corrected chi connectivity index (χ0v) is 7.01. The molecule has 2 aliphatic heterocycles. The fraction of sp³-hybridized carbons (Fsp3) is 0.889. The lowest BCUT2D eigenvalue weighted by Crippen LogP contribution is -2.46. The molecule has 2 heterocycles. The number of hydrogen-bond acceptors (Lipinski definition) is 2. The summed E-state index contributed by atoms with van der Waals surface area (Å²) in [6, 6.07) is 3.20. The molecule has 0 aliphatic carbocycles. The predicted molar refractivity (Wildman–Crippen MR) is 43.0 cm³/mol. The van der Waals surface area contributed by atoms with Crippen molar-refractivity contribution in [2.24, 2.45) is 0 Å². The summed E-state index contributed by atoms with van der Waals surface area (Å²) in [5.41, 5.74) is -0.0666. The largest absolute Gasteiger partial charge is 0.286 e. The monoisotopic (exact) mass is 150 g/mol. The van der Waals surface area contributed by atoms with Gasteiger partial charge in [-0.05, 0) is 39.2 Å². The molecule has 0 N–H and O–H groups in total. The van der Waals surface area contributed by atoms with Gasteiger partial charge in [0.1, 0.15) is 5.54 Å². The van der Waals surface area contributed by atoms with E-state index in [0.717, 1.165) is 12.8 Å². The smallest absolute Gasteiger partial charge is 0.109 e. The molecule has 2 unspecified atom stereocenters. The van der Waals surface area contributed by atoms with E-state index in [0.29, 0.717) is 6.04 Å². The van der Waals surface area contributed by atoms with Crippen molar-refractivity contribution in [1.29, 1.82) is 5.26 Å². The number of rotatable bonds is 0. The van der Waals surface area contributed by atoms with Crippen molar-refractivity contribution in [3.63, 3.8) is 0 Å². The molecule has 2 fully saturated rings. The highest BCUT2D eigenvalue weighted by molar-refractivity contribution is 5.15. The number of nitrogens with zero attached hydrogens (tertiary/aromatic N) is 2. The number of piperidine rings is 1. The van der Waals surface area contributed by atoms with E-state index >= 15 is 0 Å². The van der Waals surface area contributed by atoms with E-state index in [1.54, 1.807) is 0 Å². The van der Waals surface area contributed by atoms with Gasteiger partial charge in [0, 0.05) is 6.04 Å². The summed E-state index contributed by atoms with van der Waals surface area (Å²) in [5, 5.41) is 9.05. The molecule has 0 amide bonds. The average molecular weight is 150 g/mol. The first kappa shape index (κ1) is 7.12. The maximum Gasteiger partial charge on any atom is 0.109 e. The van der Waals surface area contributed by atoms with E-state index in [-0.39, 0.29) is 5.54 Å². The van der Waals surface area contributed by atoms with Crippen LogP contribution in [0.3, 0.4) is 0 Å². The van der Waals surface area contributed by atoms with Crippen LogP contribution in [0, 0.1) is 11.3 Å². The minimum Gasteiger partial charge on any atom is -0.286 e. The van der Waals surface area contributed by atoms with E-state index in [2.05, 4.69) is 18.0 Å². The lowest BCUT2D eigenvalue weighted by atomic mass is 9.90. The quantitative estimate of drug-likeness (QED) is 0.523. The minimum atomic E-state index is -0.0666. The Morgan fingerprint density at radius 3 is 2.91 bits per heavy atom. The Kier molecular flexibility index (Phi) is 1.43. The summed E-state index contributed by atoms with van der Waals surface area (Å²) < 4.78 is 0. The van der Waals surface area contributed by atoms with Gasteiger partial charge >= 0.3 is 0 Å². The highest BCUT2D eigenvalue weighted by Gasteiger charge is 2.46. The van der Waals surface area contributed by atoms with Crippen molar-refractivity contribution in [3.8, 4) is 6.07 Å². The first-order valence-electron chi connectivity index (χ1n) is 4.43. The zero-order chi connectivity index (χ0) is 7.90. The molecular formula is C9H14N2. The Morgan fingerprint density at radius 1 is 1.45 bits per heavy atom. The van der Waals surface area contributed by atoms with Crippen molar-refractivity contribution >= 4 is 0 Å². The molecule has 0 aromatic carbocycles. The van der Waals surface area contributed by atoms with Gasteiger partial charge < -0.3 is 0 Å². The van der Waals surface area contributed by atoms with Crippen molar-refractivity contribution in [3.05, 3.63) is 0 Å². The fourth-order valence-corrected chi connectivity index (χ4v) is 2.59. The molecule has 0 spiro atoms. The van der Waals surface area contributed by atoms with Gasteiger partial charge in [-0.2, -0.15) is 5.26 Å². The van der Waals surface area contributed by atoms with Crippen LogP contribution in [0.1, 0.15) is 32.1 Å². The van der Waals surface area contributed by atoms with Gasteiger partial charge in [0.2, 0.25) is 0 Å². The third-order valence-corrected chi connectivity index (χ3v) is 3.45. The Balaban J connectivity index is 2.28. The molecule has 2 bridgehead atoms. The molecule has 0 saturated carbocycles. The molecule has 2 saturated heterocycles. The summed E-state index contributed by atoms with van der Waals surface area (Å²) in [4.78, 5) is 2.30. The van der Waals surface area contributed by atoms with Gasteiger partial charge in [0.25, 0.3) is 0 Å². The molecule has 0 aromatic heterocycles. The summed E-state index contributed by atoms with van der Waals surface area (Å²) >= 11 is 0. The van der Waals surface area contributed by atoms with Gasteiger partial charge in [0.15, 0.2) is 0 Å². The second-order valence-electron chi connectivity index (χ2n) is 3.84. The normalized spacial score (nSPS) is 43.8. The van der Waals surface area contributed by atoms with Crippen LogP contribution < -0.4 is 0 Å². The van der Waals surface area contributed by atoms with E-state index in [1.165, 1.54) is 19.3 Å². The van der Waals surface area contributed by atoms with Crippen molar-refractivity contribution in [2.75, 3.05) is 7.05 Å². The third kappa shape index (κ3) is 0.810. The molecule has 2 atom stereocenters. The van der Waals surface area contributed by atoms with Crippen LogP contribution in [0.15, 0.2) is 0 Å². The summed E-state index contributed by atoms with van der Waals surface area (Å²) in [6.45, 7) is 0. The topological polar surface area (TPSA) is 27.0 Å². The first-order chi connectivity index (χ1) is 5.28. The van der Waals surface area contributed by atoms with Crippen LogP contribution in [0.2, 0.25) is 0 Å². The maximum atomic E-state index is 9.05. The van der Waals surface area contributed by atoms with Gasteiger partial charge in [-0.25, -0.2) is 0 Å². The SMILES string of the molecule is CN1C2CCCC1(C#N)CC2. The number of hydrogen-bond donors (Lipinski definition) is 0. The van der Waals surface area contributed by atoms with Crippen LogP contribution in [0.5, 0.6) is 0 Å². The Hall–Kier alpha value is -0.550. The highest BCUT2D eigenvalue weighted by atomic mass is 15.2. The summed E-state index contributed by atoms with van der Waals surface area (Å²) in [7, 11) is 2.11. The molecule has 2 nitrogen and oxygen atoms in total. The number of fused-ring (bicyclic) bond motifs is 2. The lowest BCUT2D eigenvalue weighted by molar-refractivity contribution is 0.128. The standard InChI is InChI=1S/C9H14N2/c1-11-8-3-2-5-9(11,7-10)6-4-8/h8H,2-6H2,1H3. The van der Waals surface area contributed by atoms with Gasteiger partial charge in [-0.1, -0.05) is 0 Å². The van der Waals surface area contributed by atoms with Crippen LogP contribution in [-0.4, -0.2) is 23.5 Å². The fourth-order valence-electron chi connectivity index (χ4n) is 2.59. The second-order valence-corrected chi connectivity index (χ2v) is 3.84. The van der Waals surface area contributed by atoms with E-state index in [4.69, 9.17) is 5.26 Å². The molecule has 0 radical (unpaired) electrons. The van der Waals surface area contributed by atoms with Crippen molar-refractivity contribution in [1.82, 2.24) is 4.90 Å². The van der Waals surface area contributed by atoms with Gasteiger partial charge in [0.05, 0.1) is 6.07 Å². The predicted octanol–water partition coefficient (Wildman–Crippen LogP) is 1.53. The third-order valence-electron chi connectivity index (χ3n) is 3.45. The van der Waals surface area contributed by atoms with Crippen LogP contribution in [0.4, 0.5) is 0 Å². The molecule has 11 heavy (non-hydrogen) atoms. The van der Waals surface area contributed by atoms with Crippen LogP contribution >= 0.6 is 0 Å². The summed E-state index contributed by atoms with van der Waals surface area (Å²) in [5.74, 6) is 0. The van der Waals surface area contributed by atoms with Gasteiger partial charge in [-0.15, -0.1) is 0 Å².